The second kappa shape index (κ2) is 10.9. The lowest BCUT2D eigenvalue weighted by atomic mass is 9.99. The molecule has 0 aliphatic rings. The molecule has 1 heterocycles. The third-order valence-electron chi connectivity index (χ3n) is 6.57. The van der Waals surface area contributed by atoms with Crippen LogP contribution < -0.4 is 10.2 Å². The molecule has 0 fully saturated rings. The third kappa shape index (κ3) is 4.84. The van der Waals surface area contributed by atoms with Crippen LogP contribution in [-0.4, -0.2) is 23.1 Å². The maximum atomic E-state index is 13.5. The van der Waals surface area contributed by atoms with E-state index in [2.05, 4.69) is 15.5 Å². The summed E-state index contributed by atoms with van der Waals surface area (Å²) >= 11 is 6.58. The molecule has 1 amide bonds. The van der Waals surface area contributed by atoms with Crippen LogP contribution in [0.3, 0.4) is 0 Å². The second-order valence-electron chi connectivity index (χ2n) is 9.06. The number of rotatable bonds is 6. The molecule has 0 aliphatic heterocycles. The Hall–Kier alpha value is -5.20. The van der Waals surface area contributed by atoms with Crippen LogP contribution in [0.15, 0.2) is 120 Å². The van der Waals surface area contributed by atoms with Crippen LogP contribution in [0, 0.1) is 0 Å². The third-order valence-corrected chi connectivity index (χ3v) is 6.90. The van der Waals surface area contributed by atoms with Gasteiger partial charge < -0.3 is 9.72 Å². The number of benzene rings is 5. The number of H-pyrrole nitrogens is 1. The highest BCUT2D eigenvalue weighted by Gasteiger charge is 2.22. The van der Waals surface area contributed by atoms with Crippen molar-refractivity contribution in [3.8, 4) is 16.9 Å². The summed E-state index contributed by atoms with van der Waals surface area (Å²) in [5.74, 6) is -0.603. The molecule has 40 heavy (non-hydrogen) atoms. The Balaban J connectivity index is 1.33. The monoisotopic (exact) mass is 543 g/mol. The van der Waals surface area contributed by atoms with Crippen molar-refractivity contribution in [2.24, 2.45) is 5.10 Å². The highest BCUT2D eigenvalue weighted by molar-refractivity contribution is 6.34. The van der Waals surface area contributed by atoms with Gasteiger partial charge in [0.15, 0.2) is 0 Å². The number of fused-ring (bicyclic) bond motifs is 3. The first-order valence-corrected chi connectivity index (χ1v) is 13.0. The Morgan fingerprint density at radius 2 is 1.50 bits per heavy atom. The first-order chi connectivity index (χ1) is 19.6. The van der Waals surface area contributed by atoms with Crippen LogP contribution in [0.4, 0.5) is 0 Å². The Morgan fingerprint density at radius 3 is 2.35 bits per heavy atom. The van der Waals surface area contributed by atoms with Crippen LogP contribution in [0.25, 0.3) is 32.8 Å². The molecular formula is C33H22ClN3O3. The molecular weight excluding hydrogens is 522 g/mol. The van der Waals surface area contributed by atoms with Gasteiger partial charge in [-0.2, -0.15) is 5.10 Å². The van der Waals surface area contributed by atoms with Gasteiger partial charge >= 0.3 is 5.97 Å². The molecule has 0 aliphatic carbocycles. The number of nitrogens with zero attached hydrogens (tertiary/aromatic N) is 1. The summed E-state index contributed by atoms with van der Waals surface area (Å²) in [7, 11) is 0. The number of para-hydroxylation sites is 1. The summed E-state index contributed by atoms with van der Waals surface area (Å²) in [5, 5.41) is 7.62. The Kier molecular flexibility index (Phi) is 6.83. The smallest absolute Gasteiger partial charge is 0.343 e. The number of esters is 1. The SMILES string of the molecule is O=C(Oc1ccccc1C=NNC(=O)c1[nH]c2c(ccc3ccccc32)c1-c1ccccc1Cl)c1ccccc1. The van der Waals surface area contributed by atoms with Crippen molar-refractivity contribution in [3.63, 3.8) is 0 Å². The highest BCUT2D eigenvalue weighted by atomic mass is 35.5. The van der Waals surface area contributed by atoms with Gasteiger partial charge in [0.05, 0.1) is 17.3 Å². The summed E-state index contributed by atoms with van der Waals surface area (Å²) in [4.78, 5) is 29.4. The maximum absolute atomic E-state index is 13.5. The molecule has 7 heteroatoms. The van der Waals surface area contributed by atoms with E-state index in [-0.39, 0.29) is 0 Å². The number of carbonyl (C=O) groups is 2. The predicted molar refractivity (Wildman–Crippen MR) is 159 cm³/mol. The average molecular weight is 544 g/mol. The van der Waals surface area contributed by atoms with Crippen LogP contribution >= 0.6 is 11.6 Å². The lowest BCUT2D eigenvalue weighted by Crippen LogP contribution is -2.19. The van der Waals surface area contributed by atoms with Crippen molar-refractivity contribution >= 4 is 51.4 Å². The van der Waals surface area contributed by atoms with E-state index in [0.717, 1.165) is 27.2 Å². The highest BCUT2D eigenvalue weighted by Crippen LogP contribution is 2.39. The molecule has 1 aromatic heterocycles. The van der Waals surface area contributed by atoms with Gasteiger partial charge in [-0.1, -0.05) is 96.5 Å². The van der Waals surface area contributed by atoms with E-state index in [1.54, 1.807) is 54.6 Å². The number of carbonyl (C=O) groups excluding carboxylic acids is 2. The van der Waals surface area contributed by atoms with Crippen molar-refractivity contribution in [1.29, 1.82) is 0 Å². The number of ether oxygens (including phenoxy) is 1. The molecule has 0 spiro atoms. The topological polar surface area (TPSA) is 83.5 Å². The first kappa shape index (κ1) is 25.1. The van der Waals surface area contributed by atoms with Gasteiger partial charge in [0.25, 0.3) is 5.91 Å². The number of halogens is 1. The second-order valence-corrected chi connectivity index (χ2v) is 9.46. The molecule has 5 aromatic carbocycles. The number of hydrogen-bond acceptors (Lipinski definition) is 4. The van der Waals surface area contributed by atoms with Gasteiger partial charge in [-0.25, -0.2) is 10.2 Å². The van der Waals surface area contributed by atoms with Gasteiger partial charge in [0.1, 0.15) is 11.4 Å². The number of aromatic nitrogens is 1. The van der Waals surface area contributed by atoms with Gasteiger partial charge in [-0.05, 0) is 35.7 Å². The van der Waals surface area contributed by atoms with Gasteiger partial charge in [0, 0.05) is 32.5 Å². The Morgan fingerprint density at radius 1 is 0.775 bits per heavy atom. The van der Waals surface area contributed by atoms with E-state index in [9.17, 15) is 9.59 Å². The van der Waals surface area contributed by atoms with Crippen molar-refractivity contribution in [3.05, 3.63) is 137 Å². The average Bonchev–Trinajstić information content (AvgIpc) is 3.39. The number of aromatic amines is 1. The molecule has 0 atom stereocenters. The minimum atomic E-state index is -0.486. The molecule has 0 unspecified atom stereocenters. The zero-order valence-corrected chi connectivity index (χ0v) is 21.9. The number of amides is 1. The van der Waals surface area contributed by atoms with E-state index in [1.807, 2.05) is 60.7 Å². The Bertz CT molecular complexity index is 1910. The fourth-order valence-electron chi connectivity index (χ4n) is 4.68. The van der Waals surface area contributed by atoms with Gasteiger partial charge in [0.2, 0.25) is 0 Å². The van der Waals surface area contributed by atoms with Crippen molar-refractivity contribution in [2.45, 2.75) is 0 Å². The fraction of sp³-hybridized carbons (Fsp3) is 0. The maximum Gasteiger partial charge on any atom is 0.343 e. The summed E-state index contributed by atoms with van der Waals surface area (Å²) in [6.45, 7) is 0. The number of nitrogens with one attached hydrogen (secondary N) is 2. The molecule has 0 bridgehead atoms. The molecule has 6 aromatic rings. The van der Waals surface area contributed by atoms with Crippen LogP contribution in [-0.2, 0) is 0 Å². The summed E-state index contributed by atoms with van der Waals surface area (Å²) in [5.41, 5.74) is 6.17. The van der Waals surface area contributed by atoms with E-state index in [4.69, 9.17) is 16.3 Å². The van der Waals surface area contributed by atoms with E-state index in [0.29, 0.717) is 33.2 Å². The largest absolute Gasteiger partial charge is 0.422 e. The van der Waals surface area contributed by atoms with Gasteiger partial charge in [-0.3, -0.25) is 4.79 Å². The molecule has 6 rings (SSSR count). The minimum absolute atomic E-state index is 0.322. The molecule has 0 saturated heterocycles. The summed E-state index contributed by atoms with van der Waals surface area (Å²) in [6, 6.07) is 35.1. The summed E-state index contributed by atoms with van der Waals surface area (Å²) < 4.78 is 5.58. The summed E-state index contributed by atoms with van der Waals surface area (Å²) in [6.07, 6.45) is 1.44. The van der Waals surface area contributed by atoms with E-state index in [1.165, 1.54) is 6.21 Å². The van der Waals surface area contributed by atoms with Crippen molar-refractivity contribution in [1.82, 2.24) is 10.4 Å². The van der Waals surface area contributed by atoms with E-state index < -0.39 is 11.9 Å². The van der Waals surface area contributed by atoms with E-state index >= 15 is 0 Å². The van der Waals surface area contributed by atoms with Crippen LogP contribution in [0.2, 0.25) is 5.02 Å². The molecule has 0 saturated carbocycles. The lowest BCUT2D eigenvalue weighted by molar-refractivity contribution is 0.0734. The number of hydrogen-bond donors (Lipinski definition) is 2. The van der Waals surface area contributed by atoms with Gasteiger partial charge in [-0.15, -0.1) is 0 Å². The Labute approximate surface area is 234 Å². The quantitative estimate of drug-likeness (QED) is 0.0980. The van der Waals surface area contributed by atoms with Crippen molar-refractivity contribution < 1.29 is 14.3 Å². The fourth-order valence-corrected chi connectivity index (χ4v) is 4.91. The zero-order chi connectivity index (χ0) is 27.5. The normalized spacial score (nSPS) is 11.2. The lowest BCUT2D eigenvalue weighted by Gasteiger charge is -2.08. The molecule has 2 N–H and O–H groups in total. The van der Waals surface area contributed by atoms with Crippen LogP contribution in [0.1, 0.15) is 26.4 Å². The minimum Gasteiger partial charge on any atom is -0.422 e. The van der Waals surface area contributed by atoms with Crippen molar-refractivity contribution in [2.75, 3.05) is 0 Å². The zero-order valence-electron chi connectivity index (χ0n) is 21.1. The molecule has 0 radical (unpaired) electrons. The first-order valence-electron chi connectivity index (χ1n) is 12.6. The predicted octanol–water partition coefficient (Wildman–Crippen LogP) is 7.62. The standard InChI is InChI=1S/C33H22ClN3O3/c34-27-16-8-7-15-25(27)29-26-19-18-21-10-4-6-14-24(21)30(26)36-31(29)32(38)37-35-20-23-13-5-9-17-28(23)40-33(39)22-11-2-1-3-12-22/h1-20,36H,(H,37,38). The van der Waals surface area contributed by atoms with Crippen LogP contribution in [0.5, 0.6) is 5.75 Å². The molecule has 194 valence electrons. The number of hydrazone groups is 1. The molecule has 6 nitrogen and oxygen atoms in total.